The van der Waals surface area contributed by atoms with Crippen LogP contribution in [0.5, 0.6) is 5.75 Å². The maximum absolute atomic E-state index is 5.95. The summed E-state index contributed by atoms with van der Waals surface area (Å²) in [5.74, 6) is 1.32. The van der Waals surface area contributed by atoms with Gasteiger partial charge in [0.2, 0.25) is 5.95 Å². The van der Waals surface area contributed by atoms with E-state index in [2.05, 4.69) is 4.98 Å². The molecule has 1 heterocycles. The van der Waals surface area contributed by atoms with E-state index in [1.54, 1.807) is 0 Å². The first-order chi connectivity index (χ1) is 9.74. The molecule has 102 valence electrons. The van der Waals surface area contributed by atoms with Crippen molar-refractivity contribution >= 4 is 28.6 Å². The van der Waals surface area contributed by atoms with Crippen LogP contribution in [0.2, 0.25) is 5.02 Å². The average Bonchev–Trinajstić information content (AvgIpc) is 2.75. The highest BCUT2D eigenvalue weighted by atomic mass is 35.5. The average molecular weight is 288 g/mol. The Morgan fingerprint density at radius 2 is 1.95 bits per heavy atom. The van der Waals surface area contributed by atoms with Gasteiger partial charge in [0, 0.05) is 5.02 Å². The summed E-state index contributed by atoms with van der Waals surface area (Å²) in [6, 6.07) is 15.3. The fraction of sp³-hybridized carbons (Fsp3) is 0.133. The number of benzene rings is 2. The maximum atomic E-state index is 5.95. The van der Waals surface area contributed by atoms with Crippen molar-refractivity contribution in [3.8, 4) is 5.75 Å². The van der Waals surface area contributed by atoms with E-state index < -0.39 is 0 Å². The molecule has 2 aromatic carbocycles. The highest BCUT2D eigenvalue weighted by Gasteiger charge is 2.08. The minimum atomic E-state index is 0.471. The Kier molecular flexibility index (Phi) is 3.48. The van der Waals surface area contributed by atoms with E-state index in [0.717, 1.165) is 16.8 Å². The molecule has 0 spiro atoms. The zero-order valence-electron chi connectivity index (χ0n) is 10.8. The number of hydrogen-bond donors (Lipinski definition) is 1. The first-order valence-corrected chi connectivity index (χ1v) is 6.71. The molecule has 0 aliphatic carbocycles. The highest BCUT2D eigenvalue weighted by molar-refractivity contribution is 6.31. The lowest BCUT2D eigenvalue weighted by atomic mass is 10.3. The normalized spacial score (nSPS) is 10.8. The van der Waals surface area contributed by atoms with Gasteiger partial charge in [-0.05, 0) is 30.3 Å². The molecule has 5 heteroatoms. The summed E-state index contributed by atoms with van der Waals surface area (Å²) in [7, 11) is 0. The third-order valence-corrected chi connectivity index (χ3v) is 3.30. The van der Waals surface area contributed by atoms with Gasteiger partial charge >= 0.3 is 0 Å². The predicted molar refractivity (Wildman–Crippen MR) is 81.1 cm³/mol. The Bertz CT molecular complexity index is 725. The van der Waals surface area contributed by atoms with Crippen molar-refractivity contribution in [2.75, 3.05) is 12.3 Å². The van der Waals surface area contributed by atoms with Gasteiger partial charge in [-0.25, -0.2) is 4.98 Å². The molecule has 4 nitrogen and oxygen atoms in total. The number of aromatic nitrogens is 2. The molecule has 0 aliphatic heterocycles. The van der Waals surface area contributed by atoms with Crippen LogP contribution in [0.1, 0.15) is 0 Å². The molecule has 0 saturated heterocycles. The van der Waals surface area contributed by atoms with Crippen LogP contribution in [0.4, 0.5) is 5.95 Å². The zero-order chi connectivity index (χ0) is 13.9. The van der Waals surface area contributed by atoms with Crippen molar-refractivity contribution in [1.82, 2.24) is 9.55 Å². The lowest BCUT2D eigenvalue weighted by Gasteiger charge is -2.08. The number of fused-ring (bicyclic) bond motifs is 1. The number of hydrogen-bond acceptors (Lipinski definition) is 3. The topological polar surface area (TPSA) is 53.1 Å². The molecular weight excluding hydrogens is 274 g/mol. The van der Waals surface area contributed by atoms with Gasteiger partial charge in [0.15, 0.2) is 0 Å². The van der Waals surface area contributed by atoms with Gasteiger partial charge < -0.3 is 15.0 Å². The molecule has 1 aromatic heterocycles. The van der Waals surface area contributed by atoms with Gasteiger partial charge in [-0.15, -0.1) is 0 Å². The van der Waals surface area contributed by atoms with Gasteiger partial charge in [0.05, 0.1) is 17.6 Å². The van der Waals surface area contributed by atoms with Crippen molar-refractivity contribution < 1.29 is 4.74 Å². The van der Waals surface area contributed by atoms with Crippen molar-refractivity contribution in [1.29, 1.82) is 0 Å². The van der Waals surface area contributed by atoms with Crippen LogP contribution in [-0.2, 0) is 6.54 Å². The molecule has 0 radical (unpaired) electrons. The zero-order valence-corrected chi connectivity index (χ0v) is 11.5. The molecule has 2 N–H and O–H groups in total. The van der Waals surface area contributed by atoms with Gasteiger partial charge in [0.1, 0.15) is 12.4 Å². The van der Waals surface area contributed by atoms with E-state index in [-0.39, 0.29) is 0 Å². The third-order valence-electron chi connectivity index (χ3n) is 3.07. The second-order valence-electron chi connectivity index (χ2n) is 4.42. The predicted octanol–water partition coefficient (Wildman–Crippen LogP) is 3.35. The number of rotatable bonds is 4. The SMILES string of the molecule is Nc1nc2cc(Cl)ccc2n1CCOc1ccccc1. The molecule has 0 aliphatic rings. The molecule has 0 fully saturated rings. The van der Waals surface area contributed by atoms with E-state index in [0.29, 0.717) is 24.1 Å². The largest absolute Gasteiger partial charge is 0.492 e. The quantitative estimate of drug-likeness (QED) is 0.800. The fourth-order valence-electron chi connectivity index (χ4n) is 2.13. The van der Waals surface area contributed by atoms with Crippen molar-refractivity contribution in [3.05, 3.63) is 53.6 Å². The number of nitrogens with zero attached hydrogens (tertiary/aromatic N) is 2. The van der Waals surface area contributed by atoms with Crippen LogP contribution in [0.25, 0.3) is 11.0 Å². The van der Waals surface area contributed by atoms with E-state index in [9.17, 15) is 0 Å². The second-order valence-corrected chi connectivity index (χ2v) is 4.85. The Balaban J connectivity index is 1.76. The minimum absolute atomic E-state index is 0.471. The van der Waals surface area contributed by atoms with Crippen molar-refractivity contribution in [2.24, 2.45) is 0 Å². The Morgan fingerprint density at radius 3 is 2.75 bits per heavy atom. The van der Waals surface area contributed by atoms with Crippen LogP contribution >= 0.6 is 11.6 Å². The fourth-order valence-corrected chi connectivity index (χ4v) is 2.29. The first kappa shape index (κ1) is 12.8. The second kappa shape index (κ2) is 5.43. The van der Waals surface area contributed by atoms with Gasteiger partial charge in [-0.2, -0.15) is 0 Å². The number of nitrogens with two attached hydrogens (primary N) is 1. The molecule has 3 rings (SSSR count). The molecule has 0 unspecified atom stereocenters. The summed E-state index contributed by atoms with van der Waals surface area (Å²) in [4.78, 5) is 4.30. The molecule has 20 heavy (non-hydrogen) atoms. The van der Waals surface area contributed by atoms with Crippen LogP contribution in [0.15, 0.2) is 48.5 Å². The standard InChI is InChI=1S/C15H14ClN3O/c16-11-6-7-14-13(10-11)18-15(17)19(14)8-9-20-12-4-2-1-3-5-12/h1-7,10H,8-9H2,(H2,17,18). The van der Waals surface area contributed by atoms with Crippen LogP contribution in [0.3, 0.4) is 0 Å². The van der Waals surface area contributed by atoms with Crippen molar-refractivity contribution in [2.45, 2.75) is 6.54 Å². The molecule has 3 aromatic rings. The highest BCUT2D eigenvalue weighted by Crippen LogP contribution is 2.21. The monoisotopic (exact) mass is 287 g/mol. The smallest absolute Gasteiger partial charge is 0.201 e. The number of ether oxygens (including phenoxy) is 1. The van der Waals surface area contributed by atoms with Gasteiger partial charge in [-0.3, -0.25) is 0 Å². The Labute approximate surface area is 121 Å². The third kappa shape index (κ3) is 2.56. The van der Waals surface area contributed by atoms with Gasteiger partial charge in [0.25, 0.3) is 0 Å². The van der Waals surface area contributed by atoms with E-state index in [4.69, 9.17) is 22.1 Å². The summed E-state index contributed by atoms with van der Waals surface area (Å²) in [6.07, 6.45) is 0. The van der Waals surface area contributed by atoms with E-state index in [1.165, 1.54) is 0 Å². The lowest BCUT2D eigenvalue weighted by molar-refractivity contribution is 0.301. The molecule has 0 bridgehead atoms. The summed E-state index contributed by atoms with van der Waals surface area (Å²) >= 11 is 5.95. The number of nitrogen functional groups attached to an aromatic ring is 1. The number of anilines is 1. The maximum Gasteiger partial charge on any atom is 0.201 e. The molecule has 0 saturated carbocycles. The number of para-hydroxylation sites is 1. The Hall–Kier alpha value is -2.20. The van der Waals surface area contributed by atoms with Crippen LogP contribution in [-0.4, -0.2) is 16.2 Å². The molecule has 0 atom stereocenters. The molecule has 0 amide bonds. The number of halogens is 1. The van der Waals surface area contributed by atoms with Crippen LogP contribution in [0, 0.1) is 0 Å². The summed E-state index contributed by atoms with van der Waals surface area (Å²) in [5, 5.41) is 0.655. The van der Waals surface area contributed by atoms with E-state index in [1.807, 2.05) is 53.1 Å². The summed E-state index contributed by atoms with van der Waals surface area (Å²) < 4.78 is 7.60. The summed E-state index contributed by atoms with van der Waals surface area (Å²) in [5.41, 5.74) is 7.70. The van der Waals surface area contributed by atoms with Crippen molar-refractivity contribution in [3.63, 3.8) is 0 Å². The molecular formula is C15H14ClN3O. The van der Waals surface area contributed by atoms with Crippen LogP contribution < -0.4 is 10.5 Å². The number of imidazole rings is 1. The van der Waals surface area contributed by atoms with E-state index >= 15 is 0 Å². The Morgan fingerprint density at radius 1 is 1.15 bits per heavy atom. The minimum Gasteiger partial charge on any atom is -0.492 e. The van der Waals surface area contributed by atoms with Gasteiger partial charge in [-0.1, -0.05) is 29.8 Å². The summed E-state index contributed by atoms with van der Waals surface area (Å²) in [6.45, 7) is 1.17. The first-order valence-electron chi connectivity index (χ1n) is 6.33. The lowest BCUT2D eigenvalue weighted by Crippen LogP contribution is -2.10.